The monoisotopic (exact) mass is 285 g/mol. The molecular weight excluding hydrogens is 262 g/mol. The molecule has 1 aliphatic carbocycles. The molecule has 0 aromatic carbocycles. The molecule has 0 aliphatic heterocycles. The molecule has 0 radical (unpaired) electrons. The Morgan fingerprint density at radius 3 is 2.35 bits per heavy atom. The first-order chi connectivity index (χ1) is 9.36. The summed E-state index contributed by atoms with van der Waals surface area (Å²) in [6, 6.07) is -1.27. The van der Waals surface area contributed by atoms with Crippen molar-refractivity contribution in [2.24, 2.45) is 17.6 Å². The minimum Gasteiger partial charge on any atom is -0.467 e. The first-order valence-electron chi connectivity index (χ1n) is 6.77. The van der Waals surface area contributed by atoms with Crippen LogP contribution in [0.15, 0.2) is 0 Å². The molecule has 4 N–H and O–H groups in total. The van der Waals surface area contributed by atoms with E-state index in [0.717, 1.165) is 12.8 Å². The van der Waals surface area contributed by atoms with Crippen LogP contribution in [-0.4, -0.2) is 43.5 Å². The zero-order chi connectivity index (χ0) is 15.3. The third kappa shape index (κ3) is 4.80. The molecule has 1 saturated carbocycles. The summed E-state index contributed by atoms with van der Waals surface area (Å²) in [5.74, 6) is -1.12. The van der Waals surface area contributed by atoms with Gasteiger partial charge in [-0.05, 0) is 24.7 Å². The second-order valence-electron chi connectivity index (χ2n) is 5.39. The van der Waals surface area contributed by atoms with Crippen molar-refractivity contribution < 1.29 is 19.1 Å². The maximum atomic E-state index is 11.7. The van der Waals surface area contributed by atoms with Crippen molar-refractivity contribution in [3.05, 3.63) is 0 Å². The molecule has 0 bridgehead atoms. The van der Waals surface area contributed by atoms with Gasteiger partial charge in [-0.15, -0.1) is 0 Å². The van der Waals surface area contributed by atoms with Gasteiger partial charge in [-0.25, -0.2) is 4.79 Å². The average molecular weight is 285 g/mol. The molecular formula is C13H23N3O4. The highest BCUT2D eigenvalue weighted by atomic mass is 16.5. The maximum absolute atomic E-state index is 11.7. The van der Waals surface area contributed by atoms with Gasteiger partial charge in [0.05, 0.1) is 19.7 Å². The van der Waals surface area contributed by atoms with Crippen LogP contribution < -0.4 is 16.4 Å². The summed E-state index contributed by atoms with van der Waals surface area (Å²) in [4.78, 5) is 34.9. The minimum absolute atomic E-state index is 0.00709. The molecule has 0 saturated heterocycles. The fourth-order valence-electron chi connectivity index (χ4n) is 1.74. The highest BCUT2D eigenvalue weighted by Crippen LogP contribution is 2.33. The van der Waals surface area contributed by atoms with Crippen LogP contribution in [0, 0.1) is 11.8 Å². The lowest BCUT2D eigenvalue weighted by Crippen LogP contribution is -2.50. The van der Waals surface area contributed by atoms with Gasteiger partial charge in [-0.2, -0.15) is 0 Å². The van der Waals surface area contributed by atoms with E-state index < -0.39 is 24.0 Å². The molecule has 1 fully saturated rings. The zero-order valence-corrected chi connectivity index (χ0v) is 12.1. The summed E-state index contributed by atoms with van der Waals surface area (Å²) in [5, 5.41) is 5.04. The number of esters is 1. The Morgan fingerprint density at radius 2 is 1.90 bits per heavy atom. The summed E-state index contributed by atoms with van der Waals surface area (Å²) in [6.45, 7) is 3.45. The summed E-state index contributed by atoms with van der Waals surface area (Å²) < 4.78 is 4.65. The van der Waals surface area contributed by atoms with Crippen LogP contribution in [0.25, 0.3) is 0 Å². The standard InChI is InChI=1S/C13H23N3O4/c1-7(2)10(14)12(18)15-6-9(17)16-11(8-4-5-8)13(19)20-3/h7-8,10-11H,4-6,14H2,1-3H3,(H,15,18)(H,16,17)/t10-,11?/m0/s1. The van der Waals surface area contributed by atoms with Crippen molar-refractivity contribution in [3.63, 3.8) is 0 Å². The minimum atomic E-state index is -0.650. The van der Waals surface area contributed by atoms with Crippen molar-refractivity contribution >= 4 is 17.8 Å². The second kappa shape index (κ2) is 7.23. The molecule has 7 heteroatoms. The molecule has 0 heterocycles. The SMILES string of the molecule is COC(=O)C(NC(=O)CNC(=O)[C@@H](N)C(C)C)C1CC1. The average Bonchev–Trinajstić information content (AvgIpc) is 3.24. The fraction of sp³-hybridized carbons (Fsp3) is 0.769. The number of rotatable bonds is 7. The molecule has 2 atom stereocenters. The van der Waals surface area contributed by atoms with Crippen molar-refractivity contribution in [3.8, 4) is 0 Å². The smallest absolute Gasteiger partial charge is 0.328 e. The summed E-state index contributed by atoms with van der Waals surface area (Å²) in [7, 11) is 1.29. The molecule has 20 heavy (non-hydrogen) atoms. The Morgan fingerprint density at radius 1 is 1.30 bits per heavy atom. The number of carbonyl (C=O) groups is 3. The number of carbonyl (C=O) groups excluding carboxylic acids is 3. The first kappa shape index (κ1) is 16.4. The summed E-state index contributed by atoms with van der Waals surface area (Å²) >= 11 is 0. The third-order valence-corrected chi connectivity index (χ3v) is 3.31. The van der Waals surface area contributed by atoms with Crippen LogP contribution >= 0.6 is 0 Å². The van der Waals surface area contributed by atoms with E-state index in [2.05, 4.69) is 15.4 Å². The Labute approximate surface area is 118 Å². The van der Waals surface area contributed by atoms with Crippen molar-refractivity contribution in [2.45, 2.75) is 38.8 Å². The van der Waals surface area contributed by atoms with Gasteiger partial charge in [0.25, 0.3) is 0 Å². The number of hydrogen-bond acceptors (Lipinski definition) is 5. The van der Waals surface area contributed by atoms with Crippen LogP contribution in [0.4, 0.5) is 0 Å². The van der Waals surface area contributed by atoms with Gasteiger partial charge in [-0.1, -0.05) is 13.8 Å². The first-order valence-corrected chi connectivity index (χ1v) is 6.77. The zero-order valence-electron chi connectivity index (χ0n) is 12.1. The second-order valence-corrected chi connectivity index (χ2v) is 5.39. The number of hydrogen-bond donors (Lipinski definition) is 3. The van der Waals surface area contributed by atoms with Gasteiger partial charge in [0.2, 0.25) is 11.8 Å². The normalized spacial score (nSPS) is 17.2. The van der Waals surface area contributed by atoms with Crippen LogP contribution in [0.1, 0.15) is 26.7 Å². The van der Waals surface area contributed by atoms with E-state index in [4.69, 9.17) is 5.73 Å². The molecule has 1 unspecified atom stereocenters. The molecule has 2 amide bonds. The molecule has 1 rings (SSSR count). The van der Waals surface area contributed by atoms with Crippen LogP contribution in [0.3, 0.4) is 0 Å². The molecule has 1 aliphatic rings. The highest BCUT2D eigenvalue weighted by Gasteiger charge is 2.38. The van der Waals surface area contributed by atoms with Gasteiger partial charge in [0, 0.05) is 0 Å². The van der Waals surface area contributed by atoms with Crippen molar-refractivity contribution in [1.29, 1.82) is 0 Å². The van der Waals surface area contributed by atoms with E-state index in [1.54, 1.807) is 0 Å². The molecule has 114 valence electrons. The highest BCUT2D eigenvalue weighted by molar-refractivity contribution is 5.90. The predicted octanol–water partition coefficient (Wildman–Crippen LogP) is -0.846. The lowest BCUT2D eigenvalue weighted by atomic mass is 10.1. The Bertz CT molecular complexity index is 380. The van der Waals surface area contributed by atoms with Gasteiger partial charge < -0.3 is 21.1 Å². The van der Waals surface area contributed by atoms with Gasteiger partial charge in [-0.3, -0.25) is 9.59 Å². The van der Waals surface area contributed by atoms with E-state index in [-0.39, 0.29) is 24.3 Å². The quantitative estimate of drug-likeness (QED) is 0.528. The van der Waals surface area contributed by atoms with Gasteiger partial charge >= 0.3 is 5.97 Å². The van der Waals surface area contributed by atoms with Crippen molar-refractivity contribution in [2.75, 3.05) is 13.7 Å². The lowest BCUT2D eigenvalue weighted by molar-refractivity contribution is -0.145. The third-order valence-electron chi connectivity index (χ3n) is 3.31. The number of ether oxygens (including phenoxy) is 1. The Hall–Kier alpha value is -1.63. The number of methoxy groups -OCH3 is 1. The largest absolute Gasteiger partial charge is 0.467 e. The lowest BCUT2D eigenvalue weighted by Gasteiger charge is -2.17. The predicted molar refractivity (Wildman–Crippen MR) is 72.5 cm³/mol. The van der Waals surface area contributed by atoms with Gasteiger partial charge in [0.15, 0.2) is 0 Å². The van der Waals surface area contributed by atoms with E-state index >= 15 is 0 Å². The fourth-order valence-corrected chi connectivity index (χ4v) is 1.74. The van der Waals surface area contributed by atoms with E-state index in [9.17, 15) is 14.4 Å². The molecule has 0 spiro atoms. The molecule has 0 aromatic heterocycles. The van der Waals surface area contributed by atoms with E-state index in [1.807, 2.05) is 13.8 Å². The van der Waals surface area contributed by atoms with Gasteiger partial charge in [0.1, 0.15) is 6.04 Å². The summed E-state index contributed by atoms with van der Waals surface area (Å²) in [5.41, 5.74) is 5.66. The number of nitrogens with one attached hydrogen (secondary N) is 2. The Kier molecular flexibility index (Phi) is 5.94. The van der Waals surface area contributed by atoms with Crippen LogP contribution in [0.2, 0.25) is 0 Å². The molecule has 0 aromatic rings. The van der Waals surface area contributed by atoms with Crippen molar-refractivity contribution in [1.82, 2.24) is 10.6 Å². The summed E-state index contributed by atoms with van der Waals surface area (Å²) in [6.07, 6.45) is 1.79. The van der Waals surface area contributed by atoms with E-state index in [0.29, 0.717) is 0 Å². The van der Waals surface area contributed by atoms with Crippen LogP contribution in [-0.2, 0) is 19.1 Å². The maximum Gasteiger partial charge on any atom is 0.328 e. The number of amides is 2. The molecule has 7 nitrogen and oxygen atoms in total. The van der Waals surface area contributed by atoms with E-state index in [1.165, 1.54) is 7.11 Å². The van der Waals surface area contributed by atoms with Crippen LogP contribution in [0.5, 0.6) is 0 Å². The topological polar surface area (TPSA) is 111 Å². The Balaban J connectivity index is 2.39. The number of nitrogens with two attached hydrogens (primary N) is 1.